The van der Waals surface area contributed by atoms with Crippen molar-refractivity contribution in [1.82, 2.24) is 0 Å². The Morgan fingerprint density at radius 1 is 1.05 bits per heavy atom. The van der Waals surface area contributed by atoms with Crippen LogP contribution in [0.15, 0.2) is 30.3 Å². The van der Waals surface area contributed by atoms with Crippen LogP contribution in [-0.2, 0) is 13.0 Å². The van der Waals surface area contributed by atoms with Crippen molar-refractivity contribution in [3.63, 3.8) is 0 Å². The van der Waals surface area contributed by atoms with Crippen LogP contribution in [0.25, 0.3) is 0 Å². The van der Waals surface area contributed by atoms with Crippen molar-refractivity contribution < 1.29 is 10.2 Å². The highest BCUT2D eigenvalue weighted by atomic mass is 16.3. The van der Waals surface area contributed by atoms with E-state index in [2.05, 4.69) is 13.8 Å². The monoisotopic (exact) mass is 285 g/mol. The first-order valence-electron chi connectivity index (χ1n) is 7.25. The van der Waals surface area contributed by atoms with E-state index in [9.17, 15) is 10.2 Å². The normalized spacial score (nSPS) is 11.1. The van der Waals surface area contributed by atoms with Crippen LogP contribution < -0.4 is 5.73 Å². The molecular weight excluding hydrogens is 262 g/mol. The van der Waals surface area contributed by atoms with Gasteiger partial charge in [0, 0.05) is 13.0 Å². The third-order valence-corrected chi connectivity index (χ3v) is 3.83. The van der Waals surface area contributed by atoms with Crippen molar-refractivity contribution in [2.24, 2.45) is 5.73 Å². The molecule has 0 atom stereocenters. The highest BCUT2D eigenvalue weighted by molar-refractivity contribution is 5.48. The lowest BCUT2D eigenvalue weighted by atomic mass is 9.94. The molecule has 0 aromatic heterocycles. The Hall–Kier alpha value is -2.00. The summed E-state index contributed by atoms with van der Waals surface area (Å²) in [7, 11) is 0. The van der Waals surface area contributed by atoms with Gasteiger partial charge < -0.3 is 15.9 Å². The third kappa shape index (κ3) is 3.37. The summed E-state index contributed by atoms with van der Waals surface area (Å²) in [5.41, 5.74) is 10.3. The van der Waals surface area contributed by atoms with Crippen LogP contribution >= 0.6 is 0 Å². The van der Waals surface area contributed by atoms with E-state index in [1.807, 2.05) is 31.2 Å². The van der Waals surface area contributed by atoms with E-state index in [1.54, 1.807) is 6.07 Å². The predicted molar refractivity (Wildman–Crippen MR) is 85.7 cm³/mol. The first kappa shape index (κ1) is 15.4. The molecule has 4 N–H and O–H groups in total. The first-order chi connectivity index (χ1) is 9.92. The van der Waals surface area contributed by atoms with Crippen molar-refractivity contribution in [2.45, 2.75) is 39.7 Å². The van der Waals surface area contributed by atoms with Crippen molar-refractivity contribution in [3.8, 4) is 11.5 Å². The molecule has 0 radical (unpaired) electrons. The van der Waals surface area contributed by atoms with Gasteiger partial charge in [0.2, 0.25) is 0 Å². The largest absolute Gasteiger partial charge is 0.508 e. The number of benzene rings is 2. The summed E-state index contributed by atoms with van der Waals surface area (Å²) < 4.78 is 0. The van der Waals surface area contributed by atoms with Gasteiger partial charge in [0.25, 0.3) is 0 Å². The lowest BCUT2D eigenvalue weighted by Crippen LogP contribution is -2.00. The summed E-state index contributed by atoms with van der Waals surface area (Å²) in [5, 5.41) is 20.3. The van der Waals surface area contributed by atoms with Gasteiger partial charge in [0.05, 0.1) is 0 Å². The SMILES string of the molecule is Cc1cc(CN)cc(Cc2cc(C(C)C)ccc2O)c1O. The van der Waals surface area contributed by atoms with Crippen molar-refractivity contribution >= 4 is 0 Å². The molecule has 0 saturated carbocycles. The predicted octanol–water partition coefficient (Wildman–Crippen LogP) is 3.58. The topological polar surface area (TPSA) is 66.5 Å². The van der Waals surface area contributed by atoms with Gasteiger partial charge >= 0.3 is 0 Å². The fourth-order valence-corrected chi connectivity index (χ4v) is 2.50. The van der Waals surface area contributed by atoms with Gasteiger partial charge in [-0.05, 0) is 46.7 Å². The van der Waals surface area contributed by atoms with Crippen molar-refractivity contribution in [1.29, 1.82) is 0 Å². The molecule has 3 heteroatoms. The van der Waals surface area contributed by atoms with E-state index in [0.29, 0.717) is 18.9 Å². The maximum Gasteiger partial charge on any atom is 0.122 e. The van der Waals surface area contributed by atoms with Gasteiger partial charge in [-0.25, -0.2) is 0 Å². The Morgan fingerprint density at radius 3 is 2.38 bits per heavy atom. The third-order valence-electron chi connectivity index (χ3n) is 3.83. The van der Waals surface area contributed by atoms with E-state index < -0.39 is 0 Å². The minimum atomic E-state index is 0.259. The van der Waals surface area contributed by atoms with Gasteiger partial charge in [-0.15, -0.1) is 0 Å². The number of phenols is 2. The summed E-state index contributed by atoms with van der Waals surface area (Å²) >= 11 is 0. The number of hydrogen-bond acceptors (Lipinski definition) is 3. The number of aryl methyl sites for hydroxylation is 1. The lowest BCUT2D eigenvalue weighted by molar-refractivity contribution is 0.460. The Labute approximate surface area is 126 Å². The maximum atomic E-state index is 10.2. The molecule has 0 bridgehead atoms. The zero-order valence-electron chi connectivity index (χ0n) is 12.9. The molecule has 2 rings (SSSR count). The molecule has 0 heterocycles. The second kappa shape index (κ2) is 6.19. The Bertz CT molecular complexity index is 648. The van der Waals surface area contributed by atoms with Crippen LogP contribution in [-0.4, -0.2) is 10.2 Å². The van der Waals surface area contributed by atoms with E-state index in [4.69, 9.17) is 5.73 Å². The number of aromatic hydroxyl groups is 2. The lowest BCUT2D eigenvalue weighted by Gasteiger charge is -2.13. The fourth-order valence-electron chi connectivity index (χ4n) is 2.50. The number of phenolic OH excluding ortho intramolecular Hbond substituents is 2. The Morgan fingerprint density at radius 2 is 1.76 bits per heavy atom. The summed E-state index contributed by atoms with van der Waals surface area (Å²) in [6, 6.07) is 9.46. The van der Waals surface area contributed by atoms with E-state index in [0.717, 1.165) is 22.3 Å². The van der Waals surface area contributed by atoms with Crippen LogP contribution in [0.5, 0.6) is 11.5 Å². The standard InChI is InChI=1S/C18H23NO2/c1-11(2)14-4-5-17(20)15(8-14)9-16-7-13(10-19)6-12(3)18(16)21/h4-8,11,20-21H,9-10,19H2,1-3H3. The van der Waals surface area contributed by atoms with Crippen LogP contribution in [0.3, 0.4) is 0 Å². The smallest absolute Gasteiger partial charge is 0.122 e. The van der Waals surface area contributed by atoms with Gasteiger partial charge in [-0.1, -0.05) is 38.1 Å². The minimum Gasteiger partial charge on any atom is -0.508 e. The van der Waals surface area contributed by atoms with Crippen LogP contribution in [0.2, 0.25) is 0 Å². The number of nitrogens with two attached hydrogens (primary N) is 1. The van der Waals surface area contributed by atoms with Gasteiger partial charge in [-0.2, -0.15) is 0 Å². The highest BCUT2D eigenvalue weighted by Crippen LogP contribution is 2.30. The van der Waals surface area contributed by atoms with Gasteiger partial charge in [0.1, 0.15) is 11.5 Å². The molecule has 0 fully saturated rings. The zero-order valence-corrected chi connectivity index (χ0v) is 12.9. The maximum absolute atomic E-state index is 10.2. The molecule has 0 aliphatic heterocycles. The fraction of sp³-hybridized carbons (Fsp3) is 0.333. The summed E-state index contributed by atoms with van der Waals surface area (Å²) in [6.45, 7) is 6.54. The zero-order chi connectivity index (χ0) is 15.6. The molecule has 0 amide bonds. The van der Waals surface area contributed by atoms with Crippen molar-refractivity contribution in [2.75, 3.05) is 0 Å². The number of rotatable bonds is 4. The van der Waals surface area contributed by atoms with E-state index in [-0.39, 0.29) is 11.5 Å². The van der Waals surface area contributed by atoms with Crippen LogP contribution in [0.1, 0.15) is 47.6 Å². The summed E-state index contributed by atoms with van der Waals surface area (Å²) in [5.74, 6) is 0.936. The molecule has 0 aliphatic rings. The summed E-state index contributed by atoms with van der Waals surface area (Å²) in [4.78, 5) is 0. The molecule has 21 heavy (non-hydrogen) atoms. The van der Waals surface area contributed by atoms with Crippen molar-refractivity contribution in [3.05, 3.63) is 58.1 Å². The molecule has 0 spiro atoms. The highest BCUT2D eigenvalue weighted by Gasteiger charge is 2.11. The number of hydrogen-bond donors (Lipinski definition) is 3. The molecule has 3 nitrogen and oxygen atoms in total. The quantitative estimate of drug-likeness (QED) is 0.804. The molecule has 0 aliphatic carbocycles. The molecular formula is C18H23NO2. The average Bonchev–Trinajstić information content (AvgIpc) is 2.45. The molecule has 2 aromatic carbocycles. The molecule has 0 saturated heterocycles. The molecule has 112 valence electrons. The van der Waals surface area contributed by atoms with E-state index in [1.165, 1.54) is 5.56 Å². The Kier molecular flexibility index (Phi) is 4.53. The van der Waals surface area contributed by atoms with Gasteiger partial charge in [0.15, 0.2) is 0 Å². The van der Waals surface area contributed by atoms with Crippen LogP contribution in [0.4, 0.5) is 0 Å². The summed E-state index contributed by atoms with van der Waals surface area (Å²) in [6.07, 6.45) is 0.493. The van der Waals surface area contributed by atoms with Crippen LogP contribution in [0, 0.1) is 6.92 Å². The second-order valence-electron chi connectivity index (χ2n) is 5.84. The second-order valence-corrected chi connectivity index (χ2v) is 5.84. The first-order valence-corrected chi connectivity index (χ1v) is 7.25. The molecule has 2 aromatic rings. The average molecular weight is 285 g/mol. The van der Waals surface area contributed by atoms with Gasteiger partial charge in [-0.3, -0.25) is 0 Å². The van der Waals surface area contributed by atoms with E-state index >= 15 is 0 Å². The minimum absolute atomic E-state index is 0.259. The molecule has 0 unspecified atom stereocenters. The Balaban J connectivity index is 2.42.